The van der Waals surface area contributed by atoms with Gasteiger partial charge in [-0.25, -0.2) is 9.67 Å². The van der Waals surface area contributed by atoms with Crippen LogP contribution in [-0.4, -0.2) is 32.6 Å². The summed E-state index contributed by atoms with van der Waals surface area (Å²) >= 11 is 0. The van der Waals surface area contributed by atoms with E-state index in [2.05, 4.69) is 23.9 Å². The molecule has 0 saturated carbocycles. The predicted molar refractivity (Wildman–Crippen MR) is 91.9 cm³/mol. The Hall–Kier alpha value is -2.63. The van der Waals surface area contributed by atoms with Gasteiger partial charge >= 0.3 is 0 Å². The third kappa shape index (κ3) is 2.91. The number of amides is 1. The standard InChI is InChI=1S/C18H22N4O2/c1-11(2)22-17-14(9-19-22)8-16(13(4)20-17)18(23)21(5)10-15-7-6-12(3)24-15/h6-9,11H,10H2,1-5H3. The summed E-state index contributed by atoms with van der Waals surface area (Å²) < 4.78 is 7.41. The van der Waals surface area contributed by atoms with Crippen molar-refractivity contribution in [1.82, 2.24) is 19.7 Å². The summed E-state index contributed by atoms with van der Waals surface area (Å²) in [5, 5.41) is 5.24. The lowest BCUT2D eigenvalue weighted by atomic mass is 10.1. The Labute approximate surface area is 141 Å². The normalized spacial score (nSPS) is 11.4. The molecular formula is C18H22N4O2. The summed E-state index contributed by atoms with van der Waals surface area (Å²) in [6, 6.07) is 5.88. The van der Waals surface area contributed by atoms with Gasteiger partial charge < -0.3 is 9.32 Å². The molecule has 3 aromatic heterocycles. The fourth-order valence-electron chi connectivity index (χ4n) is 2.74. The molecule has 0 aromatic carbocycles. The predicted octanol–water partition coefficient (Wildman–Crippen LogP) is 3.49. The number of aryl methyl sites for hydroxylation is 2. The highest BCUT2D eigenvalue weighted by atomic mass is 16.3. The quantitative estimate of drug-likeness (QED) is 0.736. The third-order valence-electron chi connectivity index (χ3n) is 4.01. The van der Waals surface area contributed by atoms with E-state index in [9.17, 15) is 4.79 Å². The summed E-state index contributed by atoms with van der Waals surface area (Å²) in [7, 11) is 1.77. The number of rotatable bonds is 4. The van der Waals surface area contributed by atoms with Crippen molar-refractivity contribution in [1.29, 1.82) is 0 Å². The van der Waals surface area contributed by atoms with Gasteiger partial charge in [-0.3, -0.25) is 4.79 Å². The summed E-state index contributed by atoms with van der Waals surface area (Å²) in [6.45, 7) is 8.29. The molecule has 126 valence electrons. The lowest BCUT2D eigenvalue weighted by Crippen LogP contribution is -2.27. The maximum Gasteiger partial charge on any atom is 0.255 e. The number of aromatic nitrogens is 3. The van der Waals surface area contributed by atoms with Gasteiger partial charge in [0.25, 0.3) is 5.91 Å². The van der Waals surface area contributed by atoms with Crippen LogP contribution in [0.2, 0.25) is 0 Å². The molecule has 0 saturated heterocycles. The first kappa shape index (κ1) is 16.2. The molecule has 0 N–H and O–H groups in total. The smallest absolute Gasteiger partial charge is 0.255 e. The maximum atomic E-state index is 12.8. The Balaban J connectivity index is 1.90. The van der Waals surface area contributed by atoms with Crippen molar-refractivity contribution >= 4 is 16.9 Å². The number of carbonyl (C=O) groups is 1. The second-order valence-electron chi connectivity index (χ2n) is 6.39. The summed E-state index contributed by atoms with van der Waals surface area (Å²) in [5.74, 6) is 1.53. The maximum absolute atomic E-state index is 12.8. The molecule has 0 aliphatic rings. The first-order valence-electron chi connectivity index (χ1n) is 8.02. The van der Waals surface area contributed by atoms with Crippen molar-refractivity contribution in [2.75, 3.05) is 7.05 Å². The number of pyridine rings is 1. The number of fused-ring (bicyclic) bond motifs is 1. The number of furan rings is 1. The molecule has 0 spiro atoms. The van der Waals surface area contributed by atoms with E-state index in [0.717, 1.165) is 22.6 Å². The Morgan fingerprint density at radius 3 is 2.71 bits per heavy atom. The first-order valence-corrected chi connectivity index (χ1v) is 8.02. The Morgan fingerprint density at radius 2 is 2.08 bits per heavy atom. The lowest BCUT2D eigenvalue weighted by Gasteiger charge is -2.17. The van der Waals surface area contributed by atoms with Gasteiger partial charge in [0.1, 0.15) is 11.5 Å². The Kier molecular flexibility index (Phi) is 4.13. The van der Waals surface area contributed by atoms with Crippen molar-refractivity contribution in [3.8, 4) is 0 Å². The van der Waals surface area contributed by atoms with Crippen LogP contribution in [0.5, 0.6) is 0 Å². The molecule has 0 atom stereocenters. The van der Waals surface area contributed by atoms with Crippen LogP contribution in [0.4, 0.5) is 0 Å². The fraction of sp³-hybridized carbons (Fsp3) is 0.389. The minimum atomic E-state index is -0.0757. The minimum absolute atomic E-state index is 0.0757. The second kappa shape index (κ2) is 6.11. The largest absolute Gasteiger partial charge is 0.464 e. The van der Waals surface area contributed by atoms with Gasteiger partial charge in [0, 0.05) is 18.5 Å². The van der Waals surface area contributed by atoms with Crippen LogP contribution in [0.15, 0.2) is 28.8 Å². The molecule has 6 heteroatoms. The van der Waals surface area contributed by atoms with Crippen LogP contribution in [-0.2, 0) is 6.54 Å². The van der Waals surface area contributed by atoms with Crippen LogP contribution >= 0.6 is 0 Å². The van der Waals surface area contributed by atoms with Crippen molar-refractivity contribution in [3.63, 3.8) is 0 Å². The van der Waals surface area contributed by atoms with Gasteiger partial charge in [-0.2, -0.15) is 5.10 Å². The van der Waals surface area contributed by atoms with Crippen LogP contribution in [0.1, 0.15) is 47.5 Å². The highest BCUT2D eigenvalue weighted by molar-refractivity contribution is 5.98. The van der Waals surface area contributed by atoms with Gasteiger partial charge in [0.05, 0.1) is 24.0 Å². The molecule has 0 bridgehead atoms. The topological polar surface area (TPSA) is 64.2 Å². The fourth-order valence-corrected chi connectivity index (χ4v) is 2.74. The van der Waals surface area contributed by atoms with Crippen molar-refractivity contribution in [3.05, 3.63) is 47.2 Å². The van der Waals surface area contributed by atoms with E-state index in [-0.39, 0.29) is 11.9 Å². The van der Waals surface area contributed by atoms with E-state index in [4.69, 9.17) is 4.42 Å². The van der Waals surface area contributed by atoms with E-state index >= 15 is 0 Å². The minimum Gasteiger partial charge on any atom is -0.464 e. The van der Waals surface area contributed by atoms with E-state index < -0.39 is 0 Å². The molecule has 1 amide bonds. The molecule has 24 heavy (non-hydrogen) atoms. The number of hydrogen-bond acceptors (Lipinski definition) is 4. The summed E-state index contributed by atoms with van der Waals surface area (Å²) in [4.78, 5) is 19.0. The molecule has 3 heterocycles. The summed E-state index contributed by atoms with van der Waals surface area (Å²) in [5.41, 5.74) is 2.11. The van der Waals surface area contributed by atoms with E-state index in [1.165, 1.54) is 0 Å². The second-order valence-corrected chi connectivity index (χ2v) is 6.39. The molecule has 3 aromatic rings. The van der Waals surface area contributed by atoms with Crippen LogP contribution in [0.3, 0.4) is 0 Å². The Morgan fingerprint density at radius 1 is 1.33 bits per heavy atom. The molecular weight excluding hydrogens is 304 g/mol. The Bertz CT molecular complexity index is 892. The molecule has 6 nitrogen and oxygen atoms in total. The van der Waals surface area contributed by atoms with Gasteiger partial charge in [0.2, 0.25) is 0 Å². The van der Waals surface area contributed by atoms with Gasteiger partial charge in [-0.15, -0.1) is 0 Å². The van der Waals surface area contributed by atoms with E-state index in [1.807, 2.05) is 36.7 Å². The average molecular weight is 326 g/mol. The van der Waals surface area contributed by atoms with Crippen LogP contribution in [0, 0.1) is 13.8 Å². The molecule has 0 aliphatic carbocycles. The first-order chi connectivity index (χ1) is 11.4. The van der Waals surface area contributed by atoms with Gasteiger partial charge in [-0.05, 0) is 45.9 Å². The van der Waals surface area contributed by atoms with Crippen molar-refractivity contribution < 1.29 is 9.21 Å². The molecule has 0 unspecified atom stereocenters. The zero-order valence-corrected chi connectivity index (χ0v) is 14.7. The number of nitrogens with zero attached hydrogens (tertiary/aromatic N) is 4. The molecule has 0 radical (unpaired) electrons. The molecule has 0 fully saturated rings. The van der Waals surface area contributed by atoms with Gasteiger partial charge in [0.15, 0.2) is 5.65 Å². The monoisotopic (exact) mass is 326 g/mol. The SMILES string of the molecule is Cc1ccc(CN(C)C(=O)c2cc3cnn(C(C)C)c3nc2C)o1. The molecule has 3 rings (SSSR count). The van der Waals surface area contributed by atoms with Crippen molar-refractivity contribution in [2.24, 2.45) is 0 Å². The lowest BCUT2D eigenvalue weighted by molar-refractivity contribution is 0.0774. The third-order valence-corrected chi connectivity index (χ3v) is 4.01. The van der Waals surface area contributed by atoms with Crippen molar-refractivity contribution in [2.45, 2.75) is 40.3 Å². The zero-order valence-electron chi connectivity index (χ0n) is 14.7. The highest BCUT2D eigenvalue weighted by Crippen LogP contribution is 2.21. The van der Waals surface area contributed by atoms with Crippen LogP contribution < -0.4 is 0 Å². The average Bonchev–Trinajstić information content (AvgIpc) is 3.11. The summed E-state index contributed by atoms with van der Waals surface area (Å²) in [6.07, 6.45) is 1.76. The van der Waals surface area contributed by atoms with E-state index in [1.54, 1.807) is 18.1 Å². The van der Waals surface area contributed by atoms with E-state index in [0.29, 0.717) is 17.8 Å². The van der Waals surface area contributed by atoms with Crippen LogP contribution in [0.25, 0.3) is 11.0 Å². The number of hydrogen-bond donors (Lipinski definition) is 0. The number of carbonyl (C=O) groups excluding carboxylic acids is 1. The van der Waals surface area contributed by atoms with Gasteiger partial charge in [-0.1, -0.05) is 0 Å². The molecule has 0 aliphatic heterocycles. The zero-order chi connectivity index (χ0) is 17.4. The highest BCUT2D eigenvalue weighted by Gasteiger charge is 2.19.